The molecule has 0 aliphatic heterocycles. The summed E-state index contributed by atoms with van der Waals surface area (Å²) < 4.78 is 5.21. The van der Waals surface area contributed by atoms with Crippen molar-refractivity contribution in [2.75, 3.05) is 6.54 Å². The van der Waals surface area contributed by atoms with E-state index in [1.807, 2.05) is 47.6 Å². The molecule has 17 heavy (non-hydrogen) atoms. The van der Waals surface area contributed by atoms with Crippen LogP contribution in [-0.2, 0) is 4.74 Å². The third-order valence-electron chi connectivity index (χ3n) is 2.06. The Labute approximate surface area is 105 Å². The molecule has 0 saturated carbocycles. The van der Waals surface area contributed by atoms with Gasteiger partial charge in [-0.2, -0.15) is 0 Å². The van der Waals surface area contributed by atoms with Gasteiger partial charge >= 0.3 is 6.09 Å². The fourth-order valence-electron chi connectivity index (χ4n) is 1.12. The molecular weight excluding hydrogens is 216 g/mol. The second-order valence-corrected chi connectivity index (χ2v) is 5.92. The van der Waals surface area contributed by atoms with Crippen molar-refractivity contribution in [3.8, 4) is 0 Å². The van der Waals surface area contributed by atoms with Crippen LogP contribution in [0.5, 0.6) is 0 Å². The molecule has 4 nitrogen and oxygen atoms in total. The first-order valence-electron chi connectivity index (χ1n) is 5.93. The van der Waals surface area contributed by atoms with E-state index >= 15 is 0 Å². The smallest absolute Gasteiger partial charge is 0.408 e. The zero-order valence-corrected chi connectivity index (χ0v) is 11.9. The summed E-state index contributed by atoms with van der Waals surface area (Å²) in [6, 6.07) is 0.217. The maximum absolute atomic E-state index is 11.6. The molecule has 0 spiro atoms. The highest BCUT2D eigenvalue weighted by molar-refractivity contribution is 5.68. The molecule has 0 aromatic heterocycles. The van der Waals surface area contributed by atoms with Gasteiger partial charge in [0.2, 0.25) is 0 Å². The van der Waals surface area contributed by atoms with Crippen molar-refractivity contribution >= 4 is 6.09 Å². The minimum atomic E-state index is -0.470. The number of rotatable bonds is 5. The van der Waals surface area contributed by atoms with Gasteiger partial charge in [0.25, 0.3) is 0 Å². The van der Waals surface area contributed by atoms with Crippen molar-refractivity contribution < 1.29 is 9.53 Å². The lowest BCUT2D eigenvalue weighted by Crippen LogP contribution is -2.52. The highest BCUT2D eigenvalue weighted by Gasteiger charge is 2.24. The van der Waals surface area contributed by atoms with Gasteiger partial charge in [-0.05, 0) is 41.5 Å². The Bertz CT molecular complexity index is 267. The van der Waals surface area contributed by atoms with Gasteiger partial charge in [-0.3, -0.25) is 0 Å². The van der Waals surface area contributed by atoms with Gasteiger partial charge < -0.3 is 15.4 Å². The van der Waals surface area contributed by atoms with Crippen molar-refractivity contribution in [2.24, 2.45) is 0 Å². The van der Waals surface area contributed by atoms with Crippen molar-refractivity contribution in [1.82, 2.24) is 10.6 Å². The molecule has 0 aromatic rings. The number of carbonyl (C=O) groups excluding carboxylic acids is 1. The summed E-state index contributed by atoms with van der Waals surface area (Å²) in [7, 11) is 0. The summed E-state index contributed by atoms with van der Waals surface area (Å²) in [6.07, 6.45) is 1.43. The van der Waals surface area contributed by atoms with Crippen LogP contribution in [0, 0.1) is 0 Å². The summed E-state index contributed by atoms with van der Waals surface area (Å²) >= 11 is 0. The van der Waals surface area contributed by atoms with Gasteiger partial charge in [-0.15, -0.1) is 6.58 Å². The number of carbonyl (C=O) groups is 1. The summed E-state index contributed by atoms with van der Waals surface area (Å²) in [5.74, 6) is 0. The van der Waals surface area contributed by atoms with E-state index in [2.05, 4.69) is 17.2 Å². The highest BCUT2D eigenvalue weighted by atomic mass is 16.6. The van der Waals surface area contributed by atoms with Crippen molar-refractivity contribution in [1.29, 1.82) is 0 Å². The van der Waals surface area contributed by atoms with Crippen LogP contribution in [0.25, 0.3) is 0 Å². The summed E-state index contributed by atoms with van der Waals surface area (Å²) in [5.41, 5.74) is -0.832. The van der Waals surface area contributed by atoms with Crippen molar-refractivity contribution in [3.63, 3.8) is 0 Å². The molecule has 0 radical (unpaired) electrons. The van der Waals surface area contributed by atoms with Crippen LogP contribution in [0.15, 0.2) is 12.7 Å². The average molecular weight is 242 g/mol. The molecule has 0 bridgehead atoms. The van der Waals surface area contributed by atoms with E-state index in [9.17, 15) is 4.79 Å². The number of ether oxygens (including phenoxy) is 1. The fourth-order valence-corrected chi connectivity index (χ4v) is 1.12. The van der Waals surface area contributed by atoms with Crippen LogP contribution >= 0.6 is 0 Å². The third kappa shape index (κ3) is 8.74. The van der Waals surface area contributed by atoms with Crippen LogP contribution in [-0.4, -0.2) is 29.8 Å². The second-order valence-electron chi connectivity index (χ2n) is 5.92. The van der Waals surface area contributed by atoms with Gasteiger partial charge in [-0.25, -0.2) is 4.79 Å². The molecular formula is C13H26N2O2. The number of alkyl carbamates (subject to hydrolysis) is 1. The quantitative estimate of drug-likeness (QED) is 0.728. The largest absolute Gasteiger partial charge is 0.444 e. The fraction of sp³-hybridized carbons (Fsp3) is 0.769. The Morgan fingerprint density at radius 2 is 1.88 bits per heavy atom. The number of hydrogen-bond donors (Lipinski definition) is 2. The van der Waals surface area contributed by atoms with Crippen molar-refractivity contribution in [2.45, 2.75) is 58.7 Å². The molecule has 0 fully saturated rings. The zero-order chi connectivity index (χ0) is 13.7. The number of amides is 1. The van der Waals surface area contributed by atoms with Crippen LogP contribution in [0.2, 0.25) is 0 Å². The van der Waals surface area contributed by atoms with Crippen LogP contribution < -0.4 is 10.6 Å². The van der Waals surface area contributed by atoms with E-state index in [4.69, 9.17) is 4.74 Å². The molecule has 0 aromatic carbocycles. The van der Waals surface area contributed by atoms with Gasteiger partial charge in [-0.1, -0.05) is 6.08 Å². The van der Waals surface area contributed by atoms with E-state index in [1.165, 1.54) is 0 Å². The standard InChI is InChI=1S/C13H26N2O2/c1-8-10(2)14-9-13(6,7)15-11(16)17-12(3,4)5/h8,10,14H,1,9H2,2-7H3,(H,15,16). The first kappa shape index (κ1) is 16.0. The number of hydrogen-bond acceptors (Lipinski definition) is 3. The van der Waals surface area contributed by atoms with Gasteiger partial charge in [0.15, 0.2) is 0 Å². The highest BCUT2D eigenvalue weighted by Crippen LogP contribution is 2.09. The van der Waals surface area contributed by atoms with E-state index in [0.29, 0.717) is 6.54 Å². The topological polar surface area (TPSA) is 50.4 Å². The average Bonchev–Trinajstić information content (AvgIpc) is 2.10. The molecule has 0 aliphatic rings. The minimum Gasteiger partial charge on any atom is -0.444 e. The SMILES string of the molecule is C=CC(C)NCC(C)(C)NC(=O)OC(C)(C)C. The molecule has 4 heteroatoms. The molecule has 1 amide bonds. The molecule has 1 unspecified atom stereocenters. The van der Waals surface area contributed by atoms with E-state index in [-0.39, 0.29) is 11.6 Å². The molecule has 0 saturated heterocycles. The van der Waals surface area contributed by atoms with E-state index < -0.39 is 11.7 Å². The monoisotopic (exact) mass is 242 g/mol. The lowest BCUT2D eigenvalue weighted by atomic mass is 10.1. The van der Waals surface area contributed by atoms with Gasteiger partial charge in [0.1, 0.15) is 5.60 Å². The number of nitrogens with one attached hydrogen (secondary N) is 2. The van der Waals surface area contributed by atoms with E-state index in [1.54, 1.807) is 0 Å². The first-order chi connectivity index (χ1) is 7.56. The minimum absolute atomic E-state index is 0.217. The molecule has 0 aliphatic carbocycles. The summed E-state index contributed by atoms with van der Waals surface area (Å²) in [5, 5.41) is 6.09. The molecule has 2 N–H and O–H groups in total. The lowest BCUT2D eigenvalue weighted by Gasteiger charge is -2.29. The van der Waals surface area contributed by atoms with Gasteiger partial charge in [0.05, 0.1) is 5.54 Å². The Balaban J connectivity index is 4.16. The first-order valence-corrected chi connectivity index (χ1v) is 5.93. The molecule has 1 atom stereocenters. The maximum Gasteiger partial charge on any atom is 0.408 e. The normalized spacial score (nSPS) is 14.0. The Morgan fingerprint density at radius 1 is 1.35 bits per heavy atom. The van der Waals surface area contributed by atoms with Crippen LogP contribution in [0.3, 0.4) is 0 Å². The van der Waals surface area contributed by atoms with Gasteiger partial charge in [0, 0.05) is 12.6 Å². The molecule has 0 rings (SSSR count). The lowest BCUT2D eigenvalue weighted by molar-refractivity contribution is 0.0471. The van der Waals surface area contributed by atoms with Crippen LogP contribution in [0.1, 0.15) is 41.5 Å². The summed E-state index contributed by atoms with van der Waals surface area (Å²) in [6.45, 7) is 15.8. The third-order valence-corrected chi connectivity index (χ3v) is 2.06. The predicted octanol–water partition coefficient (Wildman–Crippen LogP) is 2.45. The summed E-state index contributed by atoms with van der Waals surface area (Å²) in [4.78, 5) is 11.6. The predicted molar refractivity (Wildman–Crippen MR) is 71.1 cm³/mol. The Kier molecular flexibility index (Phi) is 5.69. The van der Waals surface area contributed by atoms with E-state index in [0.717, 1.165) is 0 Å². The van der Waals surface area contributed by atoms with Crippen LogP contribution in [0.4, 0.5) is 4.79 Å². The molecule has 0 heterocycles. The zero-order valence-electron chi connectivity index (χ0n) is 11.9. The van der Waals surface area contributed by atoms with Crippen molar-refractivity contribution in [3.05, 3.63) is 12.7 Å². The Morgan fingerprint density at radius 3 is 2.29 bits per heavy atom. The maximum atomic E-state index is 11.6. The second kappa shape index (κ2) is 6.05. The molecule has 100 valence electrons. The Hall–Kier alpha value is -1.03.